The fourth-order valence-corrected chi connectivity index (χ4v) is 3.65. The quantitative estimate of drug-likeness (QED) is 0.779. The van der Waals surface area contributed by atoms with Crippen LogP contribution in [0.1, 0.15) is 31.9 Å². The van der Waals surface area contributed by atoms with Crippen LogP contribution in [0, 0.1) is 17.6 Å². The predicted octanol–water partition coefficient (Wildman–Crippen LogP) is 3.42. The van der Waals surface area contributed by atoms with E-state index in [1.54, 1.807) is 13.0 Å². The van der Waals surface area contributed by atoms with Gasteiger partial charge >= 0.3 is 6.18 Å². The zero-order valence-electron chi connectivity index (χ0n) is 15.7. The average Bonchev–Trinajstić information content (AvgIpc) is 3.09. The molecule has 5 nitrogen and oxygen atoms in total. The van der Waals surface area contributed by atoms with Crippen LogP contribution in [0.25, 0.3) is 5.69 Å². The van der Waals surface area contributed by atoms with E-state index in [2.05, 4.69) is 5.10 Å². The standard InChI is InChI=1S/C19H20F5N3O2/c1-11-10-26(17(28)18(2,29)19(22,23)24)8-6-13(11)15-5-7-25-27(15)16-4-3-12(20)9-14(16)21/h3-5,7,9,11,13,29H,6,8,10H2,1-2H3/t11-,13+,18?/m1/s1. The molecule has 1 fully saturated rings. The lowest BCUT2D eigenvalue weighted by Crippen LogP contribution is -2.58. The number of alkyl halides is 3. The molecule has 1 amide bonds. The van der Waals surface area contributed by atoms with Crippen molar-refractivity contribution in [3.05, 3.63) is 47.8 Å². The SMILES string of the molecule is C[C@@H]1CN(C(=O)C(C)(O)C(F)(F)F)CC[C@@H]1c1ccnn1-c1ccc(F)cc1F. The maximum absolute atomic E-state index is 14.2. The Morgan fingerprint density at radius 1 is 1.24 bits per heavy atom. The lowest BCUT2D eigenvalue weighted by Gasteiger charge is -2.40. The summed E-state index contributed by atoms with van der Waals surface area (Å²) in [5.74, 6) is -3.42. The van der Waals surface area contributed by atoms with E-state index in [0.29, 0.717) is 19.0 Å². The van der Waals surface area contributed by atoms with Crippen molar-refractivity contribution in [1.82, 2.24) is 14.7 Å². The Bertz CT molecular complexity index is 909. The number of hydrogen-bond donors (Lipinski definition) is 1. The third-order valence-electron chi connectivity index (χ3n) is 5.35. The number of halogens is 5. The van der Waals surface area contributed by atoms with Gasteiger partial charge in [0.25, 0.3) is 5.91 Å². The van der Waals surface area contributed by atoms with Crippen molar-refractivity contribution in [2.75, 3.05) is 13.1 Å². The first-order valence-electron chi connectivity index (χ1n) is 9.01. The average molecular weight is 417 g/mol. The van der Waals surface area contributed by atoms with Gasteiger partial charge in [-0.2, -0.15) is 18.3 Å². The van der Waals surface area contributed by atoms with E-state index < -0.39 is 29.3 Å². The Morgan fingerprint density at radius 2 is 1.93 bits per heavy atom. The third kappa shape index (κ3) is 3.85. The number of piperidine rings is 1. The molecule has 2 aromatic rings. The van der Waals surface area contributed by atoms with Gasteiger partial charge in [-0.05, 0) is 37.5 Å². The normalized spacial score (nSPS) is 22.4. The van der Waals surface area contributed by atoms with Gasteiger partial charge in [-0.1, -0.05) is 6.92 Å². The van der Waals surface area contributed by atoms with Crippen LogP contribution in [0.2, 0.25) is 0 Å². The Kier molecular flexibility index (Phi) is 5.42. The van der Waals surface area contributed by atoms with E-state index >= 15 is 0 Å². The van der Waals surface area contributed by atoms with Crippen molar-refractivity contribution < 1.29 is 31.9 Å². The molecule has 1 unspecified atom stereocenters. The summed E-state index contributed by atoms with van der Waals surface area (Å²) in [7, 11) is 0. The monoisotopic (exact) mass is 417 g/mol. The summed E-state index contributed by atoms with van der Waals surface area (Å²) >= 11 is 0. The molecule has 10 heteroatoms. The summed E-state index contributed by atoms with van der Waals surface area (Å²) in [5.41, 5.74) is -2.80. The molecule has 1 aromatic heterocycles. The Labute approximate surface area is 163 Å². The van der Waals surface area contributed by atoms with E-state index in [1.165, 1.54) is 16.9 Å². The molecular formula is C19H20F5N3O2. The summed E-state index contributed by atoms with van der Waals surface area (Å²) in [6.45, 7) is 2.19. The van der Waals surface area contributed by atoms with E-state index in [0.717, 1.165) is 17.0 Å². The first-order chi connectivity index (χ1) is 13.4. The maximum atomic E-state index is 14.2. The fourth-order valence-electron chi connectivity index (χ4n) is 3.65. The molecule has 3 rings (SSSR count). The smallest absolute Gasteiger partial charge is 0.373 e. The second-order valence-electron chi connectivity index (χ2n) is 7.46. The van der Waals surface area contributed by atoms with Gasteiger partial charge < -0.3 is 10.0 Å². The van der Waals surface area contributed by atoms with E-state index in [-0.39, 0.29) is 30.6 Å². The molecule has 0 bridgehead atoms. The Balaban J connectivity index is 1.82. The van der Waals surface area contributed by atoms with Gasteiger partial charge in [0, 0.05) is 37.0 Å². The molecule has 1 N–H and O–H groups in total. The highest BCUT2D eigenvalue weighted by Crippen LogP contribution is 2.37. The van der Waals surface area contributed by atoms with Crippen LogP contribution in [0.15, 0.2) is 30.5 Å². The lowest BCUT2D eigenvalue weighted by atomic mass is 9.83. The minimum absolute atomic E-state index is 0.00283. The number of carbonyl (C=O) groups is 1. The minimum atomic E-state index is -5.08. The minimum Gasteiger partial charge on any atom is -0.373 e. The van der Waals surface area contributed by atoms with Crippen molar-refractivity contribution in [2.45, 2.75) is 38.0 Å². The van der Waals surface area contributed by atoms with Crippen molar-refractivity contribution >= 4 is 5.91 Å². The number of benzene rings is 1. The van der Waals surface area contributed by atoms with Crippen LogP contribution in [-0.2, 0) is 4.79 Å². The highest BCUT2D eigenvalue weighted by Gasteiger charge is 2.57. The van der Waals surface area contributed by atoms with E-state index in [9.17, 15) is 31.9 Å². The first kappa shape index (κ1) is 21.2. The van der Waals surface area contributed by atoms with Crippen LogP contribution < -0.4 is 0 Å². The first-order valence-corrected chi connectivity index (χ1v) is 9.01. The molecule has 1 saturated heterocycles. The Hall–Kier alpha value is -2.49. The summed E-state index contributed by atoms with van der Waals surface area (Å²) in [5, 5.41) is 13.7. The zero-order valence-corrected chi connectivity index (χ0v) is 15.7. The largest absolute Gasteiger partial charge is 0.426 e. The topological polar surface area (TPSA) is 58.4 Å². The van der Waals surface area contributed by atoms with E-state index in [4.69, 9.17) is 0 Å². The van der Waals surface area contributed by atoms with Gasteiger partial charge in [-0.15, -0.1) is 0 Å². The molecule has 1 aromatic carbocycles. The second kappa shape index (κ2) is 7.40. The van der Waals surface area contributed by atoms with Crippen LogP contribution in [-0.4, -0.2) is 50.6 Å². The molecule has 0 saturated carbocycles. The Morgan fingerprint density at radius 3 is 2.52 bits per heavy atom. The molecule has 1 aliphatic heterocycles. The fraction of sp³-hybridized carbons (Fsp3) is 0.474. The molecule has 1 aliphatic rings. The number of nitrogens with zero attached hydrogens (tertiary/aromatic N) is 3. The number of hydrogen-bond acceptors (Lipinski definition) is 3. The summed E-state index contributed by atoms with van der Waals surface area (Å²) in [6, 6.07) is 4.76. The van der Waals surface area contributed by atoms with Crippen LogP contribution in [0.3, 0.4) is 0 Å². The second-order valence-corrected chi connectivity index (χ2v) is 7.46. The highest BCUT2D eigenvalue weighted by molar-refractivity contribution is 5.85. The lowest BCUT2D eigenvalue weighted by molar-refractivity contribution is -0.250. The molecule has 0 radical (unpaired) electrons. The van der Waals surface area contributed by atoms with Crippen molar-refractivity contribution in [1.29, 1.82) is 0 Å². The van der Waals surface area contributed by atoms with Crippen molar-refractivity contribution in [3.8, 4) is 5.69 Å². The number of aromatic nitrogens is 2. The number of rotatable bonds is 3. The predicted molar refractivity (Wildman–Crippen MR) is 93.3 cm³/mol. The van der Waals surface area contributed by atoms with Gasteiger partial charge in [-0.3, -0.25) is 4.79 Å². The number of aliphatic hydroxyl groups is 1. The van der Waals surface area contributed by atoms with Crippen LogP contribution in [0.4, 0.5) is 22.0 Å². The molecule has 29 heavy (non-hydrogen) atoms. The van der Waals surface area contributed by atoms with Gasteiger partial charge in [0.15, 0.2) is 5.82 Å². The zero-order chi connectivity index (χ0) is 21.6. The molecule has 158 valence electrons. The molecular weight excluding hydrogens is 397 g/mol. The molecule has 3 atom stereocenters. The van der Waals surface area contributed by atoms with E-state index in [1.807, 2.05) is 0 Å². The molecule has 0 spiro atoms. The summed E-state index contributed by atoms with van der Waals surface area (Å²) in [4.78, 5) is 13.2. The number of carbonyl (C=O) groups excluding carboxylic acids is 1. The van der Waals surface area contributed by atoms with Gasteiger partial charge in [-0.25, -0.2) is 13.5 Å². The highest BCUT2D eigenvalue weighted by atomic mass is 19.4. The summed E-state index contributed by atoms with van der Waals surface area (Å²) < 4.78 is 67.6. The van der Waals surface area contributed by atoms with Crippen LogP contribution >= 0.6 is 0 Å². The molecule has 2 heterocycles. The summed E-state index contributed by atoms with van der Waals surface area (Å²) in [6.07, 6.45) is -3.32. The van der Waals surface area contributed by atoms with Gasteiger partial charge in [0.1, 0.15) is 11.5 Å². The number of likely N-dealkylation sites (tertiary alicyclic amines) is 1. The molecule has 0 aliphatic carbocycles. The van der Waals surface area contributed by atoms with Gasteiger partial charge in [0.2, 0.25) is 5.60 Å². The van der Waals surface area contributed by atoms with Crippen molar-refractivity contribution in [2.24, 2.45) is 5.92 Å². The van der Waals surface area contributed by atoms with Crippen molar-refractivity contribution in [3.63, 3.8) is 0 Å². The maximum Gasteiger partial charge on any atom is 0.426 e. The van der Waals surface area contributed by atoms with Crippen LogP contribution in [0.5, 0.6) is 0 Å². The number of amides is 1. The van der Waals surface area contributed by atoms with Gasteiger partial charge in [0.05, 0.1) is 0 Å². The third-order valence-corrected chi connectivity index (χ3v) is 5.35.